The number of Topliss-reactive ketones (excluding diaryl/α,β-unsaturated/α-hetero) is 1. The van der Waals surface area contributed by atoms with Crippen LogP contribution in [0.1, 0.15) is 33.6 Å². The Balaban J connectivity index is 2.42. The Labute approximate surface area is 73.8 Å². The molecule has 1 nitrogen and oxygen atoms in total. The van der Waals surface area contributed by atoms with Gasteiger partial charge >= 0.3 is 0 Å². The number of allylic oxidation sites excluding steroid dienone is 1. The Morgan fingerprint density at radius 2 is 1.92 bits per heavy atom. The fourth-order valence-electron chi connectivity index (χ4n) is 3.39. The SMILES string of the molecule is C=C1CC2(C)CC(=O)C(C)(C)C12. The second-order valence-electron chi connectivity index (χ2n) is 5.24. The minimum atomic E-state index is -0.135. The molecule has 0 N–H and O–H groups in total. The van der Waals surface area contributed by atoms with E-state index in [-0.39, 0.29) is 10.8 Å². The van der Waals surface area contributed by atoms with Crippen molar-refractivity contribution in [3.63, 3.8) is 0 Å². The first-order chi connectivity index (χ1) is 5.38. The number of rotatable bonds is 0. The van der Waals surface area contributed by atoms with Crippen molar-refractivity contribution in [2.75, 3.05) is 0 Å². The van der Waals surface area contributed by atoms with Crippen LogP contribution in [0, 0.1) is 16.7 Å². The number of hydrogen-bond donors (Lipinski definition) is 0. The molecule has 0 bridgehead atoms. The molecule has 0 heterocycles. The van der Waals surface area contributed by atoms with Crippen molar-refractivity contribution < 1.29 is 4.79 Å². The average molecular weight is 164 g/mol. The van der Waals surface area contributed by atoms with E-state index >= 15 is 0 Å². The van der Waals surface area contributed by atoms with Crippen molar-refractivity contribution >= 4 is 5.78 Å². The Morgan fingerprint density at radius 1 is 1.33 bits per heavy atom. The minimum Gasteiger partial charge on any atom is -0.299 e. The smallest absolute Gasteiger partial charge is 0.139 e. The first-order valence-corrected chi connectivity index (χ1v) is 4.59. The predicted octanol–water partition coefficient (Wildman–Crippen LogP) is 2.57. The summed E-state index contributed by atoms with van der Waals surface area (Å²) in [5.74, 6) is 0.881. The molecule has 0 amide bonds. The van der Waals surface area contributed by atoms with Crippen molar-refractivity contribution in [3.8, 4) is 0 Å². The lowest BCUT2D eigenvalue weighted by atomic mass is 9.55. The van der Waals surface area contributed by atoms with E-state index in [0.29, 0.717) is 11.7 Å². The van der Waals surface area contributed by atoms with E-state index in [1.165, 1.54) is 5.57 Å². The van der Waals surface area contributed by atoms with Crippen LogP contribution in [0.4, 0.5) is 0 Å². The van der Waals surface area contributed by atoms with Crippen LogP contribution in [-0.2, 0) is 4.79 Å². The van der Waals surface area contributed by atoms with Gasteiger partial charge in [-0.2, -0.15) is 0 Å². The largest absolute Gasteiger partial charge is 0.299 e. The van der Waals surface area contributed by atoms with Crippen LogP contribution in [0.2, 0.25) is 0 Å². The van der Waals surface area contributed by atoms with Crippen molar-refractivity contribution in [1.82, 2.24) is 0 Å². The molecule has 0 aromatic heterocycles. The number of ketones is 1. The van der Waals surface area contributed by atoms with Crippen LogP contribution in [0.15, 0.2) is 12.2 Å². The topological polar surface area (TPSA) is 17.1 Å². The fraction of sp³-hybridized carbons (Fsp3) is 0.727. The third kappa shape index (κ3) is 0.675. The monoisotopic (exact) mass is 164 g/mol. The molecule has 0 aromatic rings. The lowest BCUT2D eigenvalue weighted by Gasteiger charge is -2.48. The summed E-state index contributed by atoms with van der Waals surface area (Å²) >= 11 is 0. The van der Waals surface area contributed by atoms with E-state index in [2.05, 4.69) is 27.4 Å². The van der Waals surface area contributed by atoms with Gasteiger partial charge < -0.3 is 0 Å². The van der Waals surface area contributed by atoms with Crippen LogP contribution >= 0.6 is 0 Å². The van der Waals surface area contributed by atoms with Gasteiger partial charge in [0.25, 0.3) is 0 Å². The van der Waals surface area contributed by atoms with Gasteiger partial charge in [0, 0.05) is 11.8 Å². The minimum absolute atomic E-state index is 0.135. The highest BCUT2D eigenvalue weighted by atomic mass is 16.1. The number of fused-ring (bicyclic) bond motifs is 1. The molecule has 1 heteroatoms. The van der Waals surface area contributed by atoms with Crippen molar-refractivity contribution in [1.29, 1.82) is 0 Å². The van der Waals surface area contributed by atoms with Crippen molar-refractivity contribution in [2.24, 2.45) is 16.7 Å². The van der Waals surface area contributed by atoms with E-state index < -0.39 is 0 Å². The summed E-state index contributed by atoms with van der Waals surface area (Å²) in [5, 5.41) is 0. The summed E-state index contributed by atoms with van der Waals surface area (Å²) in [6.07, 6.45) is 1.83. The quantitative estimate of drug-likeness (QED) is 0.503. The van der Waals surface area contributed by atoms with E-state index in [1.807, 2.05) is 0 Å². The summed E-state index contributed by atoms with van der Waals surface area (Å²) in [5.41, 5.74) is 1.41. The summed E-state index contributed by atoms with van der Waals surface area (Å²) in [7, 11) is 0. The molecule has 2 atom stereocenters. The molecule has 0 spiro atoms. The van der Waals surface area contributed by atoms with Gasteiger partial charge in [-0.05, 0) is 17.8 Å². The van der Waals surface area contributed by atoms with E-state index in [0.717, 1.165) is 12.8 Å². The van der Waals surface area contributed by atoms with E-state index in [9.17, 15) is 4.79 Å². The second kappa shape index (κ2) is 1.84. The molecule has 2 saturated carbocycles. The van der Waals surface area contributed by atoms with Crippen molar-refractivity contribution in [2.45, 2.75) is 33.6 Å². The summed E-state index contributed by atoms with van der Waals surface area (Å²) in [6.45, 7) is 10.4. The van der Waals surface area contributed by atoms with Gasteiger partial charge in [0.2, 0.25) is 0 Å². The van der Waals surface area contributed by atoms with Crippen LogP contribution in [-0.4, -0.2) is 5.78 Å². The molecule has 12 heavy (non-hydrogen) atoms. The van der Waals surface area contributed by atoms with Gasteiger partial charge in [-0.25, -0.2) is 0 Å². The second-order valence-corrected chi connectivity index (χ2v) is 5.24. The van der Waals surface area contributed by atoms with Crippen LogP contribution in [0.5, 0.6) is 0 Å². The predicted molar refractivity (Wildman–Crippen MR) is 48.8 cm³/mol. The molecule has 0 saturated heterocycles. The highest BCUT2D eigenvalue weighted by Crippen LogP contribution is 2.65. The van der Waals surface area contributed by atoms with Crippen molar-refractivity contribution in [3.05, 3.63) is 12.2 Å². The molecule has 66 valence electrons. The Hall–Kier alpha value is -0.590. The highest BCUT2D eigenvalue weighted by molar-refractivity contribution is 5.89. The molecule has 2 fully saturated rings. The maximum absolute atomic E-state index is 11.7. The molecule has 2 aliphatic carbocycles. The highest BCUT2D eigenvalue weighted by Gasteiger charge is 2.61. The fourth-order valence-corrected chi connectivity index (χ4v) is 3.39. The molecule has 2 aliphatic rings. The molecular weight excluding hydrogens is 148 g/mol. The van der Waals surface area contributed by atoms with E-state index in [1.54, 1.807) is 0 Å². The Bertz CT molecular complexity index is 275. The van der Waals surface area contributed by atoms with Gasteiger partial charge in [0.1, 0.15) is 5.78 Å². The lowest BCUT2D eigenvalue weighted by molar-refractivity contribution is -0.125. The van der Waals surface area contributed by atoms with Gasteiger partial charge in [-0.1, -0.05) is 32.9 Å². The van der Waals surface area contributed by atoms with Crippen LogP contribution < -0.4 is 0 Å². The Morgan fingerprint density at radius 3 is 2.25 bits per heavy atom. The van der Waals surface area contributed by atoms with Gasteiger partial charge in [0.05, 0.1) is 0 Å². The lowest BCUT2D eigenvalue weighted by Crippen LogP contribution is -2.41. The van der Waals surface area contributed by atoms with E-state index in [4.69, 9.17) is 0 Å². The third-order valence-electron chi connectivity index (χ3n) is 3.74. The molecule has 2 unspecified atom stereocenters. The first-order valence-electron chi connectivity index (χ1n) is 4.59. The van der Waals surface area contributed by atoms with Gasteiger partial charge in [-0.3, -0.25) is 4.79 Å². The molecular formula is C11H16O. The zero-order chi connectivity index (χ0) is 9.15. The number of hydrogen-bond acceptors (Lipinski definition) is 1. The van der Waals surface area contributed by atoms with Crippen LogP contribution in [0.3, 0.4) is 0 Å². The normalized spacial score (nSPS) is 44.1. The molecule has 2 rings (SSSR count). The van der Waals surface area contributed by atoms with Crippen LogP contribution in [0.25, 0.3) is 0 Å². The summed E-state index contributed by atoms with van der Waals surface area (Å²) in [4.78, 5) is 11.7. The maximum Gasteiger partial charge on any atom is 0.139 e. The number of carbonyl (C=O) groups excluding carboxylic acids is 1. The van der Waals surface area contributed by atoms with Gasteiger partial charge in [-0.15, -0.1) is 0 Å². The Kier molecular flexibility index (Phi) is 1.23. The molecule has 0 aromatic carbocycles. The summed E-state index contributed by atoms with van der Waals surface area (Å²) < 4.78 is 0. The van der Waals surface area contributed by atoms with Gasteiger partial charge in [0.15, 0.2) is 0 Å². The zero-order valence-corrected chi connectivity index (χ0v) is 8.11. The molecule has 0 radical (unpaired) electrons. The first kappa shape index (κ1) is 8.03. The average Bonchev–Trinajstić information content (AvgIpc) is 1.95. The third-order valence-corrected chi connectivity index (χ3v) is 3.74. The maximum atomic E-state index is 11.7. The summed E-state index contributed by atoms with van der Waals surface area (Å²) in [6, 6.07) is 0. The number of carbonyl (C=O) groups is 1. The molecule has 0 aliphatic heterocycles. The standard InChI is InChI=1S/C11H16O/c1-7-5-11(4)6-8(12)10(2,3)9(7)11/h9H,1,5-6H2,2-4H3. The zero-order valence-electron chi connectivity index (χ0n) is 8.11.